The molecule has 3 nitrogen and oxygen atoms in total. The molecule has 1 N–H and O–H groups in total. The maximum absolute atomic E-state index is 11.7. The Morgan fingerprint density at radius 2 is 1.95 bits per heavy atom. The van der Waals surface area contributed by atoms with Crippen LogP contribution in [0.1, 0.15) is 51.9 Å². The Morgan fingerprint density at radius 1 is 1.16 bits per heavy atom. The summed E-state index contributed by atoms with van der Waals surface area (Å²) in [4.78, 5) is 0. The molecule has 2 aliphatic rings. The summed E-state index contributed by atoms with van der Waals surface area (Å²) in [5, 5.41) is 3.47. The van der Waals surface area contributed by atoms with Crippen LogP contribution < -0.4 is 5.32 Å². The van der Waals surface area contributed by atoms with Crippen LogP contribution in [0.15, 0.2) is 0 Å². The minimum atomic E-state index is -2.83. The Hall–Kier alpha value is -0.0900. The fourth-order valence-electron chi connectivity index (χ4n) is 3.89. The molecule has 0 amide bonds. The number of rotatable bonds is 6. The maximum atomic E-state index is 11.7. The summed E-state index contributed by atoms with van der Waals surface area (Å²) in [5.74, 6) is 2.25. The lowest BCUT2D eigenvalue weighted by Crippen LogP contribution is -2.42. The Balaban J connectivity index is 1.84. The first kappa shape index (κ1) is 15.3. The summed E-state index contributed by atoms with van der Waals surface area (Å²) in [6.07, 6.45) is 9.43. The van der Waals surface area contributed by atoms with Crippen molar-refractivity contribution in [1.29, 1.82) is 0 Å². The Morgan fingerprint density at radius 3 is 2.53 bits per heavy atom. The Bertz CT molecular complexity index is 380. The van der Waals surface area contributed by atoms with Crippen LogP contribution in [-0.4, -0.2) is 33.0 Å². The van der Waals surface area contributed by atoms with Gasteiger partial charge in [-0.05, 0) is 62.9 Å². The summed E-state index contributed by atoms with van der Waals surface area (Å²) in [6, 6.07) is 0. The van der Waals surface area contributed by atoms with Crippen molar-refractivity contribution in [3.63, 3.8) is 0 Å². The first-order valence-electron chi connectivity index (χ1n) is 7.92. The molecule has 2 aliphatic carbocycles. The van der Waals surface area contributed by atoms with Gasteiger partial charge in [0, 0.05) is 6.26 Å². The zero-order chi connectivity index (χ0) is 13.9. The standard InChI is InChI=1S/C15H29NO2S/c1-3-9-16-11-13-7-8-15(13)12-5-4-6-14(10-12)19(2,17)18/h12-16H,3-11H2,1-2H3. The van der Waals surface area contributed by atoms with E-state index < -0.39 is 9.84 Å². The summed E-state index contributed by atoms with van der Waals surface area (Å²) in [6.45, 7) is 4.45. The third kappa shape index (κ3) is 3.94. The minimum Gasteiger partial charge on any atom is -0.316 e. The van der Waals surface area contributed by atoms with Crippen molar-refractivity contribution in [3.8, 4) is 0 Å². The van der Waals surface area contributed by atoms with Gasteiger partial charge in [0.25, 0.3) is 0 Å². The number of nitrogens with one attached hydrogen (secondary N) is 1. The molecule has 0 heterocycles. The predicted octanol–water partition coefficient (Wildman–Crippen LogP) is 2.62. The molecule has 0 aromatic rings. The van der Waals surface area contributed by atoms with Crippen molar-refractivity contribution in [2.45, 2.75) is 57.1 Å². The molecule has 0 bridgehead atoms. The van der Waals surface area contributed by atoms with Crippen LogP contribution in [0, 0.1) is 17.8 Å². The summed E-state index contributed by atoms with van der Waals surface area (Å²) in [7, 11) is -2.83. The first-order valence-corrected chi connectivity index (χ1v) is 9.87. The highest BCUT2D eigenvalue weighted by Gasteiger charge is 2.40. The van der Waals surface area contributed by atoms with Crippen molar-refractivity contribution in [2.24, 2.45) is 17.8 Å². The van der Waals surface area contributed by atoms with Crippen molar-refractivity contribution in [1.82, 2.24) is 5.32 Å². The van der Waals surface area contributed by atoms with Crippen LogP contribution in [0.25, 0.3) is 0 Å². The number of sulfone groups is 1. The average molecular weight is 287 g/mol. The molecule has 0 aliphatic heterocycles. The lowest BCUT2D eigenvalue weighted by molar-refractivity contribution is 0.0796. The molecule has 4 atom stereocenters. The highest BCUT2D eigenvalue weighted by Crippen LogP contribution is 2.45. The van der Waals surface area contributed by atoms with E-state index in [0.717, 1.165) is 44.2 Å². The van der Waals surface area contributed by atoms with Gasteiger partial charge in [0.2, 0.25) is 0 Å². The Labute approximate surface area is 118 Å². The third-order valence-electron chi connectivity index (χ3n) is 5.19. The number of hydrogen-bond acceptors (Lipinski definition) is 3. The Kier molecular flexibility index (Phi) is 5.29. The van der Waals surface area contributed by atoms with Gasteiger partial charge in [0.15, 0.2) is 0 Å². The van der Waals surface area contributed by atoms with Gasteiger partial charge in [-0.3, -0.25) is 0 Å². The smallest absolute Gasteiger partial charge is 0.150 e. The molecule has 0 aromatic carbocycles. The average Bonchev–Trinajstić information content (AvgIpc) is 2.32. The fraction of sp³-hybridized carbons (Fsp3) is 1.00. The molecule has 19 heavy (non-hydrogen) atoms. The molecule has 0 radical (unpaired) electrons. The van der Waals surface area contributed by atoms with Crippen molar-refractivity contribution >= 4 is 9.84 Å². The van der Waals surface area contributed by atoms with Gasteiger partial charge in [0.05, 0.1) is 5.25 Å². The molecule has 0 aromatic heterocycles. The van der Waals surface area contributed by atoms with Gasteiger partial charge >= 0.3 is 0 Å². The summed E-state index contributed by atoms with van der Waals surface area (Å²) < 4.78 is 23.5. The van der Waals surface area contributed by atoms with Gasteiger partial charge in [-0.15, -0.1) is 0 Å². The SMILES string of the molecule is CCCNCC1CCC1C1CCCC(S(C)(=O)=O)C1. The van der Waals surface area contributed by atoms with Crippen LogP contribution >= 0.6 is 0 Å². The molecule has 2 saturated carbocycles. The minimum absolute atomic E-state index is 0.0592. The molecule has 4 unspecified atom stereocenters. The van der Waals surface area contributed by atoms with E-state index in [1.807, 2.05) is 0 Å². The van der Waals surface area contributed by atoms with Gasteiger partial charge < -0.3 is 5.32 Å². The van der Waals surface area contributed by atoms with E-state index in [9.17, 15) is 8.42 Å². The van der Waals surface area contributed by atoms with Crippen LogP contribution in [0.4, 0.5) is 0 Å². The first-order chi connectivity index (χ1) is 9.02. The van der Waals surface area contributed by atoms with E-state index in [-0.39, 0.29) is 5.25 Å². The topological polar surface area (TPSA) is 46.2 Å². The van der Waals surface area contributed by atoms with E-state index in [0.29, 0.717) is 5.92 Å². The molecule has 4 heteroatoms. The summed E-state index contributed by atoms with van der Waals surface area (Å²) >= 11 is 0. The van der Waals surface area contributed by atoms with E-state index in [1.165, 1.54) is 31.9 Å². The molecular formula is C15H29NO2S. The quantitative estimate of drug-likeness (QED) is 0.764. The van der Waals surface area contributed by atoms with Crippen LogP contribution in [-0.2, 0) is 9.84 Å². The third-order valence-corrected chi connectivity index (χ3v) is 6.83. The van der Waals surface area contributed by atoms with Crippen molar-refractivity contribution in [2.75, 3.05) is 19.3 Å². The van der Waals surface area contributed by atoms with Gasteiger partial charge in [0.1, 0.15) is 9.84 Å². The van der Waals surface area contributed by atoms with E-state index in [4.69, 9.17) is 0 Å². The second-order valence-electron chi connectivity index (χ2n) is 6.58. The zero-order valence-electron chi connectivity index (χ0n) is 12.4. The van der Waals surface area contributed by atoms with Crippen LogP contribution in [0.3, 0.4) is 0 Å². The van der Waals surface area contributed by atoms with Crippen LogP contribution in [0.5, 0.6) is 0 Å². The lowest BCUT2D eigenvalue weighted by Gasteiger charge is -2.45. The highest BCUT2D eigenvalue weighted by molar-refractivity contribution is 7.91. The fourth-order valence-corrected chi connectivity index (χ4v) is 5.08. The monoisotopic (exact) mass is 287 g/mol. The van der Waals surface area contributed by atoms with Crippen LogP contribution in [0.2, 0.25) is 0 Å². The second-order valence-corrected chi connectivity index (χ2v) is 8.91. The molecular weight excluding hydrogens is 258 g/mol. The molecule has 0 saturated heterocycles. The van der Waals surface area contributed by atoms with Gasteiger partial charge in [-0.25, -0.2) is 8.42 Å². The molecule has 2 fully saturated rings. The van der Waals surface area contributed by atoms with Gasteiger partial charge in [-0.1, -0.05) is 19.8 Å². The summed E-state index contributed by atoms with van der Waals surface area (Å²) in [5.41, 5.74) is 0. The lowest BCUT2D eigenvalue weighted by atomic mass is 9.63. The normalized spacial score (nSPS) is 35.9. The maximum Gasteiger partial charge on any atom is 0.150 e. The molecule has 0 spiro atoms. The second kappa shape index (κ2) is 6.57. The largest absolute Gasteiger partial charge is 0.316 e. The molecule has 2 rings (SSSR count). The predicted molar refractivity (Wildman–Crippen MR) is 80.0 cm³/mol. The zero-order valence-corrected chi connectivity index (χ0v) is 13.2. The van der Waals surface area contributed by atoms with E-state index in [1.54, 1.807) is 0 Å². The molecule has 112 valence electrons. The van der Waals surface area contributed by atoms with E-state index >= 15 is 0 Å². The van der Waals surface area contributed by atoms with Crippen molar-refractivity contribution in [3.05, 3.63) is 0 Å². The van der Waals surface area contributed by atoms with Gasteiger partial charge in [-0.2, -0.15) is 0 Å². The van der Waals surface area contributed by atoms with E-state index in [2.05, 4.69) is 12.2 Å². The highest BCUT2D eigenvalue weighted by atomic mass is 32.2. The van der Waals surface area contributed by atoms with Crippen molar-refractivity contribution < 1.29 is 8.42 Å². The number of hydrogen-bond donors (Lipinski definition) is 1.